The van der Waals surface area contributed by atoms with Crippen LogP contribution in [0.2, 0.25) is 0 Å². The number of rotatable bonds is 7. The number of hydrogen-bond donors (Lipinski definition) is 0. The number of benzene rings is 2. The van der Waals surface area contributed by atoms with Crippen molar-refractivity contribution < 1.29 is 14.3 Å². The van der Waals surface area contributed by atoms with E-state index in [1.165, 1.54) is 17.3 Å². The minimum absolute atomic E-state index is 0.0579. The predicted molar refractivity (Wildman–Crippen MR) is 120 cm³/mol. The Labute approximate surface area is 186 Å². The highest BCUT2D eigenvalue weighted by Crippen LogP contribution is 2.31. The van der Waals surface area contributed by atoms with Gasteiger partial charge in [-0.3, -0.25) is 4.79 Å². The van der Waals surface area contributed by atoms with Crippen molar-refractivity contribution in [3.8, 4) is 22.9 Å². The summed E-state index contributed by atoms with van der Waals surface area (Å²) in [5.74, 6) is 2.65. The molecule has 0 saturated heterocycles. The first-order valence-corrected chi connectivity index (χ1v) is 11.3. The Morgan fingerprint density at radius 3 is 2.71 bits per heavy atom. The molecule has 0 N–H and O–H groups in total. The first kappa shape index (κ1) is 21.2. The molecule has 0 fully saturated rings. The van der Waals surface area contributed by atoms with Gasteiger partial charge >= 0.3 is 0 Å². The number of hydrogen-bond acceptors (Lipinski definition) is 6. The molecule has 3 aromatic rings. The number of ether oxygens (including phenoxy) is 2. The van der Waals surface area contributed by atoms with E-state index in [0.29, 0.717) is 32.1 Å². The monoisotopic (exact) mass is 438 g/mol. The van der Waals surface area contributed by atoms with Crippen LogP contribution >= 0.6 is 11.8 Å². The van der Waals surface area contributed by atoms with Gasteiger partial charge in [0.05, 0.1) is 5.75 Å². The van der Waals surface area contributed by atoms with Crippen LogP contribution in [-0.2, 0) is 18.4 Å². The smallest absolute Gasteiger partial charge is 0.233 e. The molecule has 0 saturated carbocycles. The average molecular weight is 439 g/mol. The minimum atomic E-state index is 0.0579. The van der Waals surface area contributed by atoms with E-state index in [1.807, 2.05) is 53.8 Å². The number of thioether (sulfide) groups is 1. The lowest BCUT2D eigenvalue weighted by atomic mass is 10.1. The molecule has 1 amide bonds. The number of amides is 1. The Kier molecular flexibility index (Phi) is 6.46. The molecule has 0 spiro atoms. The fourth-order valence-corrected chi connectivity index (χ4v) is 4.29. The fraction of sp³-hybridized carbons (Fsp3) is 0.348. The Balaban J connectivity index is 1.39. The molecule has 4 rings (SSSR count). The number of aryl methyl sites for hydroxylation is 1. The summed E-state index contributed by atoms with van der Waals surface area (Å²) in [6.45, 7) is 6.30. The van der Waals surface area contributed by atoms with Crippen LogP contribution in [0.3, 0.4) is 0 Å². The normalized spacial score (nSPS) is 12.6. The van der Waals surface area contributed by atoms with E-state index in [4.69, 9.17) is 9.47 Å². The van der Waals surface area contributed by atoms with E-state index < -0.39 is 0 Å². The van der Waals surface area contributed by atoms with Gasteiger partial charge < -0.3 is 18.9 Å². The van der Waals surface area contributed by atoms with E-state index in [1.54, 1.807) is 0 Å². The van der Waals surface area contributed by atoms with Crippen molar-refractivity contribution in [1.82, 2.24) is 19.7 Å². The fourth-order valence-electron chi connectivity index (χ4n) is 3.48. The maximum absolute atomic E-state index is 12.9. The van der Waals surface area contributed by atoms with Crippen LogP contribution in [-0.4, -0.2) is 51.1 Å². The van der Waals surface area contributed by atoms with Gasteiger partial charge in [-0.05, 0) is 37.6 Å². The molecule has 2 heterocycles. The largest absolute Gasteiger partial charge is 0.486 e. The molecule has 0 aliphatic carbocycles. The molecule has 0 radical (unpaired) electrons. The van der Waals surface area contributed by atoms with Crippen molar-refractivity contribution in [1.29, 1.82) is 0 Å². The molecular formula is C23H26N4O3S. The third-order valence-electron chi connectivity index (χ3n) is 5.15. The van der Waals surface area contributed by atoms with Crippen LogP contribution in [0.5, 0.6) is 11.5 Å². The second kappa shape index (κ2) is 9.43. The molecule has 31 heavy (non-hydrogen) atoms. The molecule has 2 aromatic carbocycles. The topological polar surface area (TPSA) is 69.5 Å². The average Bonchev–Trinajstić information content (AvgIpc) is 3.16. The number of carbonyl (C=O) groups is 1. The van der Waals surface area contributed by atoms with E-state index in [2.05, 4.69) is 29.3 Å². The third-order valence-corrected chi connectivity index (χ3v) is 6.16. The SMILES string of the molecule is CCN(Cc1ccc2c(c1)OCCO2)C(=O)CSc1nnc(-c2cccc(C)c2)n1C. The standard InChI is InChI=1S/C23H26N4O3S/c1-4-27(14-17-8-9-19-20(13-17)30-11-10-29-19)21(28)15-31-23-25-24-22(26(23)3)18-7-5-6-16(2)12-18/h5-9,12-13H,4,10-11,14-15H2,1-3H3. The lowest BCUT2D eigenvalue weighted by Crippen LogP contribution is -2.31. The van der Waals surface area contributed by atoms with Gasteiger partial charge in [-0.1, -0.05) is 41.6 Å². The van der Waals surface area contributed by atoms with Gasteiger partial charge in [0.1, 0.15) is 13.2 Å². The summed E-state index contributed by atoms with van der Waals surface area (Å²) in [4.78, 5) is 14.7. The molecule has 0 bridgehead atoms. The zero-order valence-corrected chi connectivity index (χ0v) is 18.8. The van der Waals surface area contributed by atoms with Gasteiger partial charge in [0.15, 0.2) is 22.5 Å². The summed E-state index contributed by atoms with van der Waals surface area (Å²) in [6.07, 6.45) is 0. The molecule has 7 nitrogen and oxygen atoms in total. The molecule has 0 atom stereocenters. The highest BCUT2D eigenvalue weighted by molar-refractivity contribution is 7.99. The zero-order chi connectivity index (χ0) is 21.8. The molecule has 8 heteroatoms. The quantitative estimate of drug-likeness (QED) is 0.524. The van der Waals surface area contributed by atoms with Gasteiger partial charge in [-0.15, -0.1) is 10.2 Å². The summed E-state index contributed by atoms with van der Waals surface area (Å²) >= 11 is 1.41. The van der Waals surface area contributed by atoms with E-state index >= 15 is 0 Å². The summed E-state index contributed by atoms with van der Waals surface area (Å²) in [5, 5.41) is 9.33. The van der Waals surface area contributed by atoms with Crippen molar-refractivity contribution in [2.45, 2.75) is 25.5 Å². The lowest BCUT2D eigenvalue weighted by Gasteiger charge is -2.23. The summed E-state index contributed by atoms with van der Waals surface area (Å²) in [7, 11) is 1.93. The van der Waals surface area contributed by atoms with Crippen molar-refractivity contribution in [3.63, 3.8) is 0 Å². The Bertz CT molecular complexity index is 1080. The molecule has 162 valence electrons. The summed E-state index contributed by atoms with van der Waals surface area (Å²) in [6, 6.07) is 14.0. The van der Waals surface area contributed by atoms with E-state index in [0.717, 1.165) is 33.6 Å². The van der Waals surface area contributed by atoms with Gasteiger partial charge in [0.25, 0.3) is 0 Å². The van der Waals surface area contributed by atoms with Gasteiger partial charge in [0, 0.05) is 25.7 Å². The predicted octanol–water partition coefficient (Wildman–Crippen LogP) is 3.70. The number of nitrogens with zero attached hydrogens (tertiary/aromatic N) is 4. The molecular weight excluding hydrogens is 412 g/mol. The first-order chi connectivity index (χ1) is 15.0. The number of aromatic nitrogens is 3. The maximum atomic E-state index is 12.9. The highest BCUT2D eigenvalue weighted by atomic mass is 32.2. The number of fused-ring (bicyclic) bond motifs is 1. The number of carbonyl (C=O) groups excluding carboxylic acids is 1. The van der Waals surface area contributed by atoms with E-state index in [-0.39, 0.29) is 5.91 Å². The maximum Gasteiger partial charge on any atom is 0.233 e. The molecule has 1 aliphatic heterocycles. The summed E-state index contributed by atoms with van der Waals surface area (Å²) in [5.41, 5.74) is 3.20. The van der Waals surface area contributed by atoms with Crippen molar-refractivity contribution in [2.24, 2.45) is 7.05 Å². The summed E-state index contributed by atoms with van der Waals surface area (Å²) < 4.78 is 13.2. The second-order valence-corrected chi connectivity index (χ2v) is 8.35. The third kappa shape index (κ3) is 4.85. The Hall–Kier alpha value is -3.00. The van der Waals surface area contributed by atoms with Crippen molar-refractivity contribution in [2.75, 3.05) is 25.5 Å². The van der Waals surface area contributed by atoms with Crippen LogP contribution in [0.25, 0.3) is 11.4 Å². The Morgan fingerprint density at radius 2 is 1.94 bits per heavy atom. The molecule has 1 aromatic heterocycles. The van der Waals surface area contributed by atoms with Crippen LogP contribution in [0.15, 0.2) is 47.6 Å². The van der Waals surface area contributed by atoms with Crippen LogP contribution < -0.4 is 9.47 Å². The lowest BCUT2D eigenvalue weighted by molar-refractivity contribution is -0.128. The van der Waals surface area contributed by atoms with Crippen molar-refractivity contribution >= 4 is 17.7 Å². The van der Waals surface area contributed by atoms with Crippen LogP contribution in [0, 0.1) is 6.92 Å². The van der Waals surface area contributed by atoms with E-state index in [9.17, 15) is 4.79 Å². The van der Waals surface area contributed by atoms with Gasteiger partial charge in [-0.2, -0.15) is 0 Å². The van der Waals surface area contributed by atoms with Crippen molar-refractivity contribution in [3.05, 3.63) is 53.6 Å². The molecule has 0 unspecified atom stereocenters. The second-order valence-electron chi connectivity index (χ2n) is 7.41. The first-order valence-electron chi connectivity index (χ1n) is 10.3. The highest BCUT2D eigenvalue weighted by Gasteiger charge is 2.18. The minimum Gasteiger partial charge on any atom is -0.486 e. The zero-order valence-electron chi connectivity index (χ0n) is 18.0. The molecule has 1 aliphatic rings. The van der Waals surface area contributed by atoms with Gasteiger partial charge in [-0.25, -0.2) is 0 Å². The van der Waals surface area contributed by atoms with Crippen LogP contribution in [0.1, 0.15) is 18.1 Å². The van der Waals surface area contributed by atoms with Crippen LogP contribution in [0.4, 0.5) is 0 Å². The van der Waals surface area contributed by atoms with Gasteiger partial charge in [0.2, 0.25) is 5.91 Å². The Morgan fingerprint density at radius 1 is 1.13 bits per heavy atom.